The number of benzene rings is 3. The lowest BCUT2D eigenvalue weighted by atomic mass is 10.1. The zero-order chi connectivity index (χ0) is 26.4. The number of rotatable bonds is 2. The quantitative estimate of drug-likeness (QED) is 0.397. The second-order valence-electron chi connectivity index (χ2n) is 9.48. The molecule has 0 saturated heterocycles. The Morgan fingerprint density at radius 3 is 2.61 bits per heavy atom. The van der Waals surface area contributed by atoms with Gasteiger partial charge in [-0.1, -0.05) is 30.3 Å². The summed E-state index contributed by atoms with van der Waals surface area (Å²) in [6.07, 6.45) is 0.244. The van der Waals surface area contributed by atoms with Crippen LogP contribution in [0.15, 0.2) is 83.7 Å². The van der Waals surface area contributed by atoms with E-state index in [9.17, 15) is 14.4 Å². The molecule has 2 amide bonds. The number of nitrogens with zero attached hydrogens (tertiary/aromatic N) is 5. The first-order chi connectivity index (χ1) is 18.4. The van der Waals surface area contributed by atoms with Gasteiger partial charge in [-0.2, -0.15) is 5.10 Å². The fourth-order valence-electron chi connectivity index (χ4n) is 4.59. The lowest BCUT2D eigenvalue weighted by molar-refractivity contribution is -0.127. The van der Waals surface area contributed by atoms with Crippen molar-refractivity contribution in [1.82, 2.24) is 24.2 Å². The van der Waals surface area contributed by atoms with Crippen LogP contribution in [-0.2, 0) is 17.8 Å². The van der Waals surface area contributed by atoms with Gasteiger partial charge in [-0.05, 0) is 53.6 Å². The van der Waals surface area contributed by atoms with Crippen LogP contribution in [0.1, 0.15) is 21.5 Å². The largest absolute Gasteiger partial charge is 0.349 e. The third kappa shape index (κ3) is 4.24. The highest BCUT2D eigenvalue weighted by Crippen LogP contribution is 2.29. The molecule has 6 bridgehead atoms. The van der Waals surface area contributed by atoms with Crippen molar-refractivity contribution in [2.24, 2.45) is 0 Å². The molecule has 5 aromatic rings. The lowest BCUT2D eigenvalue weighted by Gasteiger charge is -2.14. The van der Waals surface area contributed by atoms with Gasteiger partial charge in [0.05, 0.1) is 29.7 Å². The number of carbonyl (C=O) groups is 2. The van der Waals surface area contributed by atoms with Gasteiger partial charge < -0.3 is 4.90 Å². The Hall–Kier alpha value is -5.05. The molecule has 1 aliphatic rings. The van der Waals surface area contributed by atoms with E-state index in [0.717, 1.165) is 27.9 Å². The van der Waals surface area contributed by atoms with Crippen LogP contribution in [0.2, 0.25) is 0 Å². The molecule has 188 valence electrons. The summed E-state index contributed by atoms with van der Waals surface area (Å²) in [6.45, 7) is 0.237. The SMILES string of the molecule is CN(C)C(=O)Cc1ccc2nc3n(c2c1)-c1cccc(c1)-c1ccc(=O)n(n1)Cc1cccc(c1)C(=O)N3. The number of imidazole rings is 1. The van der Waals surface area contributed by atoms with Crippen LogP contribution in [0.3, 0.4) is 0 Å². The molecule has 1 aliphatic heterocycles. The fourth-order valence-corrected chi connectivity index (χ4v) is 4.59. The molecule has 0 radical (unpaired) electrons. The van der Waals surface area contributed by atoms with Crippen molar-refractivity contribution in [3.05, 3.63) is 106 Å². The minimum Gasteiger partial charge on any atom is -0.349 e. The summed E-state index contributed by atoms with van der Waals surface area (Å²) in [6, 6.07) is 23.7. The molecule has 0 aliphatic carbocycles. The smallest absolute Gasteiger partial charge is 0.267 e. The van der Waals surface area contributed by atoms with Crippen molar-refractivity contribution in [2.45, 2.75) is 13.0 Å². The van der Waals surface area contributed by atoms with Gasteiger partial charge in [0.15, 0.2) is 0 Å². The Balaban J connectivity index is 1.59. The zero-order valence-corrected chi connectivity index (χ0v) is 20.9. The number of amides is 2. The maximum atomic E-state index is 13.3. The maximum absolute atomic E-state index is 13.3. The fraction of sp³-hybridized carbons (Fsp3) is 0.138. The predicted molar refractivity (Wildman–Crippen MR) is 144 cm³/mol. The third-order valence-corrected chi connectivity index (χ3v) is 6.59. The minimum absolute atomic E-state index is 0.0125. The van der Waals surface area contributed by atoms with E-state index in [0.29, 0.717) is 22.7 Å². The average Bonchev–Trinajstić information content (AvgIpc) is 3.26. The molecule has 0 saturated carbocycles. The Morgan fingerprint density at radius 2 is 1.76 bits per heavy atom. The minimum atomic E-state index is -0.325. The summed E-state index contributed by atoms with van der Waals surface area (Å²) < 4.78 is 3.27. The highest BCUT2D eigenvalue weighted by atomic mass is 16.2. The van der Waals surface area contributed by atoms with Gasteiger partial charge >= 0.3 is 0 Å². The van der Waals surface area contributed by atoms with E-state index < -0.39 is 0 Å². The van der Waals surface area contributed by atoms with E-state index >= 15 is 0 Å². The number of hydrogen-bond donors (Lipinski definition) is 1. The first-order valence-corrected chi connectivity index (χ1v) is 12.2. The molecular weight excluding hydrogens is 480 g/mol. The van der Waals surface area contributed by atoms with Crippen molar-refractivity contribution in [3.8, 4) is 16.9 Å². The molecule has 3 heterocycles. The Morgan fingerprint density at radius 1 is 0.947 bits per heavy atom. The van der Waals surface area contributed by atoms with E-state index in [1.54, 1.807) is 43.3 Å². The van der Waals surface area contributed by atoms with E-state index in [1.165, 1.54) is 10.7 Å². The summed E-state index contributed by atoms with van der Waals surface area (Å²) in [4.78, 5) is 44.6. The van der Waals surface area contributed by atoms with E-state index in [1.807, 2.05) is 53.1 Å². The Kier molecular flexibility index (Phi) is 5.60. The monoisotopic (exact) mass is 504 g/mol. The second-order valence-corrected chi connectivity index (χ2v) is 9.48. The standard InChI is InChI=1S/C29H24N6O3/c1-33(2)27(37)15-18-9-10-24-25(14-18)35-22-8-4-6-20(16-22)23-11-12-26(36)34(32-23)17-19-5-3-7-21(13-19)28(38)31-29(35)30-24/h3-14,16H,15,17H2,1-2H3,(H,30,31,38). The van der Waals surface area contributed by atoms with Crippen molar-refractivity contribution >= 4 is 28.8 Å². The second kappa shape index (κ2) is 9.11. The molecule has 0 atom stereocenters. The summed E-state index contributed by atoms with van der Waals surface area (Å²) in [5.74, 6) is 0.0220. The number of fused-ring (bicyclic) bond motifs is 11. The van der Waals surface area contributed by atoms with Gasteiger partial charge in [0, 0.05) is 37.0 Å². The molecule has 0 fully saturated rings. The van der Waals surface area contributed by atoms with Crippen molar-refractivity contribution in [3.63, 3.8) is 0 Å². The summed E-state index contributed by atoms with van der Waals surface area (Å²) >= 11 is 0. The van der Waals surface area contributed by atoms with Crippen LogP contribution in [-0.4, -0.2) is 50.1 Å². The van der Waals surface area contributed by atoms with E-state index in [2.05, 4.69) is 10.4 Å². The number of hydrogen-bond acceptors (Lipinski definition) is 5. The summed E-state index contributed by atoms with van der Waals surface area (Å²) in [7, 11) is 3.45. The van der Waals surface area contributed by atoms with E-state index in [4.69, 9.17) is 4.98 Å². The Labute approximate surface area is 218 Å². The zero-order valence-electron chi connectivity index (χ0n) is 20.9. The van der Waals surface area contributed by atoms with Crippen LogP contribution >= 0.6 is 0 Å². The van der Waals surface area contributed by atoms with Crippen LogP contribution < -0.4 is 10.9 Å². The van der Waals surface area contributed by atoms with Crippen molar-refractivity contribution in [2.75, 3.05) is 19.4 Å². The van der Waals surface area contributed by atoms with Gasteiger partial charge in [0.25, 0.3) is 11.5 Å². The molecule has 3 aromatic carbocycles. The number of carbonyl (C=O) groups excluding carboxylic acids is 2. The first kappa shape index (κ1) is 23.4. The van der Waals surface area contributed by atoms with Crippen LogP contribution in [0.5, 0.6) is 0 Å². The molecular formula is C29H24N6O3. The van der Waals surface area contributed by atoms with Gasteiger partial charge in [-0.3, -0.25) is 24.3 Å². The number of aromatic nitrogens is 4. The molecule has 0 unspecified atom stereocenters. The molecule has 1 N–H and O–H groups in total. The highest BCUT2D eigenvalue weighted by Gasteiger charge is 2.19. The Bertz CT molecular complexity index is 1800. The van der Waals surface area contributed by atoms with Gasteiger partial charge in [0.1, 0.15) is 0 Å². The third-order valence-electron chi connectivity index (χ3n) is 6.59. The predicted octanol–water partition coefficient (Wildman–Crippen LogP) is 3.49. The maximum Gasteiger partial charge on any atom is 0.267 e. The van der Waals surface area contributed by atoms with E-state index in [-0.39, 0.29) is 30.3 Å². The molecule has 0 spiro atoms. The molecule has 9 nitrogen and oxygen atoms in total. The van der Waals surface area contributed by atoms with Crippen LogP contribution in [0.25, 0.3) is 28.0 Å². The molecule has 38 heavy (non-hydrogen) atoms. The van der Waals surface area contributed by atoms with Crippen LogP contribution in [0, 0.1) is 0 Å². The summed E-state index contributed by atoms with van der Waals surface area (Å²) in [5, 5.41) is 7.58. The molecule has 2 aromatic heterocycles. The molecule has 6 rings (SSSR count). The first-order valence-electron chi connectivity index (χ1n) is 12.2. The highest BCUT2D eigenvalue weighted by molar-refractivity contribution is 6.04. The lowest BCUT2D eigenvalue weighted by Crippen LogP contribution is -2.23. The van der Waals surface area contributed by atoms with Gasteiger partial charge in [0.2, 0.25) is 11.9 Å². The van der Waals surface area contributed by atoms with Crippen LogP contribution in [0.4, 0.5) is 5.95 Å². The normalized spacial score (nSPS) is 12.4. The van der Waals surface area contributed by atoms with Crippen molar-refractivity contribution < 1.29 is 9.59 Å². The summed E-state index contributed by atoms with van der Waals surface area (Å²) in [5.41, 5.74) is 5.45. The average molecular weight is 505 g/mol. The number of likely N-dealkylation sites (N-methyl/N-ethyl adjacent to an activating group) is 1. The van der Waals surface area contributed by atoms with Gasteiger partial charge in [-0.25, -0.2) is 9.67 Å². The van der Waals surface area contributed by atoms with Gasteiger partial charge in [-0.15, -0.1) is 0 Å². The number of nitrogens with one attached hydrogen (secondary N) is 1. The topological polar surface area (TPSA) is 102 Å². The number of anilines is 1. The van der Waals surface area contributed by atoms with Crippen molar-refractivity contribution in [1.29, 1.82) is 0 Å². The molecule has 9 heteroatoms.